The molecular formula is C17H16BrClO2. The molecule has 2 nitrogen and oxygen atoms in total. The summed E-state index contributed by atoms with van der Waals surface area (Å²) in [5.74, 6) is 0.428. The van der Waals surface area contributed by atoms with Crippen molar-refractivity contribution in [2.75, 3.05) is 0 Å². The van der Waals surface area contributed by atoms with Gasteiger partial charge in [0, 0.05) is 15.9 Å². The molecule has 2 aromatic rings. The van der Waals surface area contributed by atoms with Gasteiger partial charge in [0.05, 0.1) is 0 Å². The molecule has 0 aliphatic rings. The minimum atomic E-state index is -0.224. The number of ether oxygens (including phenoxy) is 1. The van der Waals surface area contributed by atoms with Crippen LogP contribution in [0.5, 0.6) is 5.75 Å². The van der Waals surface area contributed by atoms with Crippen molar-refractivity contribution in [3.8, 4) is 5.75 Å². The fraction of sp³-hybridized carbons (Fsp3) is 0.235. The summed E-state index contributed by atoms with van der Waals surface area (Å²) in [4.78, 5) is 12.0. The van der Waals surface area contributed by atoms with Crippen LogP contribution in [0.1, 0.15) is 23.1 Å². The third kappa shape index (κ3) is 4.58. The van der Waals surface area contributed by atoms with Crippen LogP contribution in [-0.2, 0) is 11.2 Å². The summed E-state index contributed by atoms with van der Waals surface area (Å²) in [6.45, 7) is 3.86. The average molecular weight is 368 g/mol. The van der Waals surface area contributed by atoms with Crippen LogP contribution in [0.15, 0.2) is 40.9 Å². The van der Waals surface area contributed by atoms with Crippen molar-refractivity contribution in [3.05, 3.63) is 62.6 Å². The first-order chi connectivity index (χ1) is 9.95. The number of rotatable bonds is 4. The lowest BCUT2D eigenvalue weighted by atomic mass is 10.1. The number of hydrogen-bond acceptors (Lipinski definition) is 2. The third-order valence-corrected chi connectivity index (χ3v) is 3.88. The lowest BCUT2D eigenvalue weighted by Gasteiger charge is -2.11. The van der Waals surface area contributed by atoms with E-state index in [4.69, 9.17) is 16.3 Å². The van der Waals surface area contributed by atoms with Crippen molar-refractivity contribution >= 4 is 33.5 Å². The van der Waals surface area contributed by atoms with Crippen LogP contribution in [0.3, 0.4) is 0 Å². The SMILES string of the molecule is Cc1cc(Br)cc(C)c1OC(=O)CCc1ccc(Cl)cc1. The molecule has 0 heterocycles. The molecular weight excluding hydrogens is 352 g/mol. The number of hydrogen-bond donors (Lipinski definition) is 0. The summed E-state index contributed by atoms with van der Waals surface area (Å²) < 4.78 is 6.48. The predicted octanol–water partition coefficient (Wildman–Crippen LogP) is 5.26. The molecule has 0 radical (unpaired) electrons. The van der Waals surface area contributed by atoms with Crippen molar-refractivity contribution in [2.24, 2.45) is 0 Å². The Morgan fingerprint density at radius 1 is 1.14 bits per heavy atom. The molecule has 0 spiro atoms. The molecule has 0 bridgehead atoms. The number of aryl methyl sites for hydroxylation is 3. The molecule has 4 heteroatoms. The van der Waals surface area contributed by atoms with Gasteiger partial charge in [-0.3, -0.25) is 4.79 Å². The van der Waals surface area contributed by atoms with Crippen molar-refractivity contribution < 1.29 is 9.53 Å². The summed E-state index contributed by atoms with van der Waals surface area (Å²) in [6, 6.07) is 11.4. The maximum Gasteiger partial charge on any atom is 0.311 e. The van der Waals surface area contributed by atoms with E-state index in [1.807, 2.05) is 50.2 Å². The molecule has 2 aromatic carbocycles. The van der Waals surface area contributed by atoms with Crippen LogP contribution in [0, 0.1) is 13.8 Å². The van der Waals surface area contributed by atoms with Crippen LogP contribution in [0.2, 0.25) is 5.02 Å². The van der Waals surface area contributed by atoms with Crippen molar-refractivity contribution in [1.29, 1.82) is 0 Å². The molecule has 21 heavy (non-hydrogen) atoms. The maximum absolute atomic E-state index is 12.0. The minimum absolute atomic E-state index is 0.224. The number of benzene rings is 2. The quantitative estimate of drug-likeness (QED) is 0.544. The van der Waals surface area contributed by atoms with Gasteiger partial charge in [-0.2, -0.15) is 0 Å². The lowest BCUT2D eigenvalue weighted by Crippen LogP contribution is -2.10. The molecule has 110 valence electrons. The van der Waals surface area contributed by atoms with E-state index in [0.29, 0.717) is 23.6 Å². The summed E-state index contributed by atoms with van der Waals surface area (Å²) in [7, 11) is 0. The zero-order valence-electron chi connectivity index (χ0n) is 12.0. The van der Waals surface area contributed by atoms with E-state index >= 15 is 0 Å². The highest BCUT2D eigenvalue weighted by Crippen LogP contribution is 2.27. The summed E-state index contributed by atoms with van der Waals surface area (Å²) >= 11 is 9.26. The molecule has 0 aliphatic heterocycles. The zero-order chi connectivity index (χ0) is 15.4. The number of esters is 1. The monoisotopic (exact) mass is 366 g/mol. The fourth-order valence-corrected chi connectivity index (χ4v) is 2.93. The van der Waals surface area contributed by atoms with E-state index in [1.165, 1.54) is 0 Å². The third-order valence-electron chi connectivity index (χ3n) is 3.17. The summed E-state index contributed by atoms with van der Waals surface area (Å²) in [5.41, 5.74) is 2.96. The van der Waals surface area contributed by atoms with Gasteiger partial charge in [-0.15, -0.1) is 0 Å². The van der Waals surface area contributed by atoms with Gasteiger partial charge in [0.2, 0.25) is 0 Å². The number of halogens is 2. The zero-order valence-corrected chi connectivity index (χ0v) is 14.3. The Bertz CT molecular complexity index is 627. The van der Waals surface area contributed by atoms with Gasteiger partial charge in [0.15, 0.2) is 0 Å². The van der Waals surface area contributed by atoms with Crippen molar-refractivity contribution in [3.63, 3.8) is 0 Å². The number of carbonyl (C=O) groups excluding carboxylic acids is 1. The Balaban J connectivity index is 1.97. The molecule has 0 amide bonds. The van der Waals surface area contributed by atoms with E-state index < -0.39 is 0 Å². The standard InChI is InChI=1S/C17H16BrClO2/c1-11-9-14(18)10-12(2)17(11)21-16(20)8-5-13-3-6-15(19)7-4-13/h3-4,6-7,9-10H,5,8H2,1-2H3. The predicted molar refractivity (Wildman–Crippen MR) is 89.0 cm³/mol. The van der Waals surface area contributed by atoms with Gasteiger partial charge in [-0.25, -0.2) is 0 Å². The molecule has 0 atom stereocenters. The second-order valence-corrected chi connectivity index (χ2v) is 6.32. The normalized spacial score (nSPS) is 10.5. The second kappa shape index (κ2) is 7.10. The maximum atomic E-state index is 12.0. The lowest BCUT2D eigenvalue weighted by molar-refractivity contribution is -0.134. The molecule has 0 N–H and O–H groups in total. The highest BCUT2D eigenvalue weighted by atomic mass is 79.9. The average Bonchev–Trinajstić information content (AvgIpc) is 2.42. The minimum Gasteiger partial charge on any atom is -0.426 e. The highest BCUT2D eigenvalue weighted by molar-refractivity contribution is 9.10. The second-order valence-electron chi connectivity index (χ2n) is 4.97. The van der Waals surface area contributed by atoms with Crippen LogP contribution in [0.25, 0.3) is 0 Å². The van der Waals surface area contributed by atoms with Gasteiger partial charge in [-0.1, -0.05) is 39.7 Å². The largest absolute Gasteiger partial charge is 0.426 e. The van der Waals surface area contributed by atoms with Crippen LogP contribution in [-0.4, -0.2) is 5.97 Å². The van der Waals surface area contributed by atoms with Gasteiger partial charge in [-0.05, 0) is 61.2 Å². The van der Waals surface area contributed by atoms with E-state index in [2.05, 4.69) is 15.9 Å². The van der Waals surface area contributed by atoms with E-state index in [0.717, 1.165) is 21.2 Å². The Morgan fingerprint density at radius 3 is 2.29 bits per heavy atom. The Morgan fingerprint density at radius 2 is 1.71 bits per heavy atom. The number of carbonyl (C=O) groups is 1. The first-order valence-corrected chi connectivity index (χ1v) is 7.84. The van der Waals surface area contributed by atoms with Crippen LogP contribution in [0.4, 0.5) is 0 Å². The molecule has 0 aliphatic carbocycles. The summed E-state index contributed by atoms with van der Waals surface area (Å²) in [5, 5.41) is 0.697. The first-order valence-electron chi connectivity index (χ1n) is 6.67. The van der Waals surface area contributed by atoms with Crippen LogP contribution >= 0.6 is 27.5 Å². The topological polar surface area (TPSA) is 26.3 Å². The van der Waals surface area contributed by atoms with Gasteiger partial charge in [0.1, 0.15) is 5.75 Å². The van der Waals surface area contributed by atoms with Gasteiger partial charge < -0.3 is 4.74 Å². The Hall–Kier alpha value is -1.32. The highest BCUT2D eigenvalue weighted by Gasteiger charge is 2.11. The summed E-state index contributed by atoms with van der Waals surface area (Å²) in [6.07, 6.45) is 0.987. The van der Waals surface area contributed by atoms with E-state index in [-0.39, 0.29) is 5.97 Å². The molecule has 0 saturated heterocycles. The molecule has 0 fully saturated rings. The van der Waals surface area contributed by atoms with E-state index in [9.17, 15) is 4.79 Å². The van der Waals surface area contributed by atoms with Crippen LogP contribution < -0.4 is 4.74 Å². The van der Waals surface area contributed by atoms with Gasteiger partial charge in [0.25, 0.3) is 0 Å². The van der Waals surface area contributed by atoms with Gasteiger partial charge >= 0.3 is 5.97 Å². The fourth-order valence-electron chi connectivity index (χ4n) is 2.12. The van der Waals surface area contributed by atoms with Crippen molar-refractivity contribution in [1.82, 2.24) is 0 Å². The van der Waals surface area contributed by atoms with Crippen molar-refractivity contribution in [2.45, 2.75) is 26.7 Å². The first kappa shape index (κ1) is 16.1. The smallest absolute Gasteiger partial charge is 0.311 e. The van der Waals surface area contributed by atoms with E-state index in [1.54, 1.807) is 0 Å². The molecule has 0 aromatic heterocycles. The Kier molecular flexibility index (Phi) is 5.43. The molecule has 2 rings (SSSR count). The molecule has 0 unspecified atom stereocenters. The molecule has 0 saturated carbocycles. The Labute approximate surface area is 138 Å².